The van der Waals surface area contributed by atoms with Crippen molar-refractivity contribution in [2.45, 2.75) is 11.8 Å². The molecular weight excluding hydrogens is 290 g/mol. The SMILES string of the molecule is COc1ccc(Cl)cc1NC1CSCc2ccccc21. The summed E-state index contributed by atoms with van der Waals surface area (Å²) in [6.45, 7) is 0. The summed E-state index contributed by atoms with van der Waals surface area (Å²) in [6.07, 6.45) is 0. The Balaban J connectivity index is 1.91. The third kappa shape index (κ3) is 2.74. The summed E-state index contributed by atoms with van der Waals surface area (Å²) < 4.78 is 5.40. The number of hydrogen-bond donors (Lipinski definition) is 1. The molecule has 1 N–H and O–H groups in total. The molecule has 1 heterocycles. The maximum absolute atomic E-state index is 6.09. The van der Waals surface area contributed by atoms with E-state index in [0.29, 0.717) is 5.02 Å². The highest BCUT2D eigenvalue weighted by Gasteiger charge is 2.21. The van der Waals surface area contributed by atoms with Gasteiger partial charge in [0.2, 0.25) is 0 Å². The van der Waals surface area contributed by atoms with Gasteiger partial charge in [0.05, 0.1) is 18.8 Å². The van der Waals surface area contributed by atoms with Crippen molar-refractivity contribution in [3.8, 4) is 5.75 Å². The third-order valence-corrected chi connectivity index (χ3v) is 4.78. The van der Waals surface area contributed by atoms with Crippen molar-refractivity contribution < 1.29 is 4.74 Å². The molecular formula is C16H16ClNOS. The zero-order valence-electron chi connectivity index (χ0n) is 11.2. The van der Waals surface area contributed by atoms with E-state index in [1.165, 1.54) is 11.1 Å². The van der Waals surface area contributed by atoms with Gasteiger partial charge in [0.1, 0.15) is 5.75 Å². The molecule has 0 bridgehead atoms. The number of methoxy groups -OCH3 is 1. The van der Waals surface area contributed by atoms with E-state index in [1.807, 2.05) is 30.0 Å². The number of benzene rings is 2. The van der Waals surface area contributed by atoms with E-state index in [2.05, 4.69) is 29.6 Å². The van der Waals surface area contributed by atoms with Gasteiger partial charge >= 0.3 is 0 Å². The van der Waals surface area contributed by atoms with Crippen LogP contribution in [0.5, 0.6) is 5.75 Å². The average Bonchev–Trinajstić information content (AvgIpc) is 2.48. The van der Waals surface area contributed by atoms with E-state index in [4.69, 9.17) is 16.3 Å². The molecule has 1 aliphatic rings. The van der Waals surface area contributed by atoms with Crippen molar-refractivity contribution in [2.24, 2.45) is 0 Å². The molecule has 0 fully saturated rings. The summed E-state index contributed by atoms with van der Waals surface area (Å²) in [7, 11) is 1.68. The Morgan fingerprint density at radius 1 is 1.25 bits per heavy atom. The fraction of sp³-hybridized carbons (Fsp3) is 0.250. The largest absolute Gasteiger partial charge is 0.495 e. The Morgan fingerprint density at radius 2 is 2.10 bits per heavy atom. The zero-order chi connectivity index (χ0) is 13.9. The second-order valence-corrected chi connectivity index (χ2v) is 6.22. The predicted molar refractivity (Wildman–Crippen MR) is 87.0 cm³/mol. The normalized spacial score (nSPS) is 17.4. The van der Waals surface area contributed by atoms with Gasteiger partial charge in [-0.3, -0.25) is 0 Å². The first kappa shape index (κ1) is 13.7. The lowest BCUT2D eigenvalue weighted by atomic mass is 10.0. The predicted octanol–water partition coefficient (Wildman–Crippen LogP) is 4.75. The third-order valence-electron chi connectivity index (χ3n) is 3.46. The van der Waals surface area contributed by atoms with Crippen LogP contribution in [0.3, 0.4) is 0 Å². The lowest BCUT2D eigenvalue weighted by molar-refractivity contribution is 0.416. The minimum Gasteiger partial charge on any atom is -0.495 e. The van der Waals surface area contributed by atoms with Crippen LogP contribution in [0.4, 0.5) is 5.69 Å². The Morgan fingerprint density at radius 3 is 2.95 bits per heavy atom. The number of ether oxygens (including phenoxy) is 1. The number of halogens is 1. The van der Waals surface area contributed by atoms with Gasteiger partial charge in [0.15, 0.2) is 0 Å². The summed E-state index contributed by atoms with van der Waals surface area (Å²) in [6, 6.07) is 14.5. The van der Waals surface area contributed by atoms with Crippen molar-refractivity contribution in [2.75, 3.05) is 18.2 Å². The van der Waals surface area contributed by atoms with E-state index < -0.39 is 0 Å². The molecule has 0 amide bonds. The number of fused-ring (bicyclic) bond motifs is 1. The molecule has 3 rings (SSSR count). The van der Waals surface area contributed by atoms with Gasteiger partial charge in [-0.05, 0) is 29.3 Å². The van der Waals surface area contributed by atoms with Crippen molar-refractivity contribution in [1.29, 1.82) is 0 Å². The second kappa shape index (κ2) is 5.98. The molecule has 0 saturated carbocycles. The van der Waals surface area contributed by atoms with E-state index in [-0.39, 0.29) is 6.04 Å². The molecule has 2 aromatic carbocycles. The fourth-order valence-electron chi connectivity index (χ4n) is 2.48. The molecule has 0 radical (unpaired) electrons. The molecule has 1 unspecified atom stereocenters. The van der Waals surface area contributed by atoms with Gasteiger partial charge in [0.25, 0.3) is 0 Å². The first-order chi connectivity index (χ1) is 9.78. The maximum Gasteiger partial charge on any atom is 0.142 e. The highest BCUT2D eigenvalue weighted by Crippen LogP contribution is 2.36. The number of thioether (sulfide) groups is 1. The van der Waals surface area contributed by atoms with E-state index in [0.717, 1.165) is 22.9 Å². The number of nitrogens with one attached hydrogen (secondary N) is 1. The van der Waals surface area contributed by atoms with Crippen LogP contribution in [0.1, 0.15) is 17.2 Å². The smallest absolute Gasteiger partial charge is 0.142 e. The van der Waals surface area contributed by atoms with E-state index in [9.17, 15) is 0 Å². The van der Waals surface area contributed by atoms with Crippen LogP contribution in [0, 0.1) is 0 Å². The maximum atomic E-state index is 6.09. The number of anilines is 1. The highest BCUT2D eigenvalue weighted by atomic mass is 35.5. The Labute approximate surface area is 128 Å². The minimum absolute atomic E-state index is 0.289. The first-order valence-corrected chi connectivity index (χ1v) is 8.07. The van der Waals surface area contributed by atoms with Crippen LogP contribution in [0.25, 0.3) is 0 Å². The zero-order valence-corrected chi connectivity index (χ0v) is 12.8. The molecule has 1 atom stereocenters. The Kier molecular flexibility index (Phi) is 4.08. The summed E-state index contributed by atoms with van der Waals surface area (Å²) in [5.74, 6) is 2.95. The number of rotatable bonds is 3. The van der Waals surface area contributed by atoms with Gasteiger partial charge in [-0.25, -0.2) is 0 Å². The summed E-state index contributed by atoms with van der Waals surface area (Å²) in [5, 5.41) is 4.28. The van der Waals surface area contributed by atoms with Gasteiger partial charge in [-0.15, -0.1) is 0 Å². The van der Waals surface area contributed by atoms with Crippen molar-refractivity contribution >= 4 is 29.1 Å². The van der Waals surface area contributed by atoms with Crippen molar-refractivity contribution in [3.63, 3.8) is 0 Å². The summed E-state index contributed by atoms with van der Waals surface area (Å²) in [4.78, 5) is 0. The monoisotopic (exact) mass is 305 g/mol. The lowest BCUT2D eigenvalue weighted by Gasteiger charge is -2.27. The fourth-order valence-corrected chi connectivity index (χ4v) is 3.75. The molecule has 2 nitrogen and oxygen atoms in total. The van der Waals surface area contributed by atoms with E-state index in [1.54, 1.807) is 7.11 Å². The molecule has 0 spiro atoms. The number of hydrogen-bond acceptors (Lipinski definition) is 3. The van der Waals surface area contributed by atoms with Gasteiger partial charge in [0, 0.05) is 16.5 Å². The van der Waals surface area contributed by atoms with Crippen LogP contribution in [0.2, 0.25) is 5.02 Å². The first-order valence-electron chi connectivity index (χ1n) is 6.53. The molecule has 0 aliphatic carbocycles. The summed E-state index contributed by atoms with van der Waals surface area (Å²) >= 11 is 8.04. The quantitative estimate of drug-likeness (QED) is 0.884. The highest BCUT2D eigenvalue weighted by molar-refractivity contribution is 7.98. The van der Waals surface area contributed by atoms with Crippen LogP contribution < -0.4 is 10.1 Å². The average molecular weight is 306 g/mol. The summed E-state index contributed by atoms with van der Waals surface area (Å²) in [5.41, 5.74) is 3.72. The van der Waals surface area contributed by atoms with Crippen molar-refractivity contribution in [1.82, 2.24) is 0 Å². The molecule has 104 valence electrons. The van der Waals surface area contributed by atoms with Crippen LogP contribution in [-0.4, -0.2) is 12.9 Å². The van der Waals surface area contributed by atoms with Crippen LogP contribution in [-0.2, 0) is 5.75 Å². The molecule has 4 heteroatoms. The van der Waals surface area contributed by atoms with Gasteiger partial charge < -0.3 is 10.1 Å². The standard InChI is InChI=1S/C16H16ClNOS/c1-19-16-7-6-12(17)8-14(16)18-15-10-20-9-11-4-2-3-5-13(11)15/h2-8,15,18H,9-10H2,1H3. The topological polar surface area (TPSA) is 21.3 Å². The molecule has 20 heavy (non-hydrogen) atoms. The van der Waals surface area contributed by atoms with Gasteiger partial charge in [-0.2, -0.15) is 11.8 Å². The molecule has 2 aromatic rings. The molecule has 0 aromatic heterocycles. The molecule has 0 saturated heterocycles. The van der Waals surface area contributed by atoms with Crippen LogP contribution in [0.15, 0.2) is 42.5 Å². The second-order valence-electron chi connectivity index (χ2n) is 4.76. The Bertz CT molecular complexity index is 617. The molecule has 1 aliphatic heterocycles. The van der Waals surface area contributed by atoms with Crippen molar-refractivity contribution in [3.05, 3.63) is 58.6 Å². The lowest BCUT2D eigenvalue weighted by Crippen LogP contribution is -2.19. The van der Waals surface area contributed by atoms with Gasteiger partial charge in [-0.1, -0.05) is 35.9 Å². The van der Waals surface area contributed by atoms with E-state index >= 15 is 0 Å². The van der Waals surface area contributed by atoms with Crippen LogP contribution >= 0.6 is 23.4 Å². The minimum atomic E-state index is 0.289. The Hall–Kier alpha value is -1.32.